The zero-order chi connectivity index (χ0) is 53.7. The highest BCUT2D eigenvalue weighted by molar-refractivity contribution is 7.53. The highest BCUT2D eigenvalue weighted by Gasteiger charge is 2.53. The number of ether oxygens (including phenoxy) is 5. The second-order valence-corrected chi connectivity index (χ2v) is 23.6. The van der Waals surface area contributed by atoms with Gasteiger partial charge in [-0.1, -0.05) is 71.1 Å². The van der Waals surface area contributed by atoms with Crippen molar-refractivity contribution in [1.29, 1.82) is 0 Å². The van der Waals surface area contributed by atoms with Crippen molar-refractivity contribution in [2.75, 3.05) is 34.5 Å². The van der Waals surface area contributed by atoms with Crippen molar-refractivity contribution < 1.29 is 71.5 Å². The van der Waals surface area contributed by atoms with Crippen LogP contribution in [0.15, 0.2) is 47.6 Å². The lowest BCUT2D eigenvalue weighted by Gasteiger charge is -2.42. The molecule has 4 rings (SSSR count). The number of rotatable bonds is 10. The van der Waals surface area contributed by atoms with Gasteiger partial charge in [0.15, 0.2) is 5.78 Å². The minimum Gasteiger partial charge on any atom is -0.460 e. The first-order chi connectivity index (χ1) is 33.9. The number of ketones is 3. The van der Waals surface area contributed by atoms with Crippen molar-refractivity contribution in [3.63, 3.8) is 0 Å². The van der Waals surface area contributed by atoms with Crippen molar-refractivity contribution >= 4 is 36.8 Å². The number of hydrogen-bond acceptors (Lipinski definition) is 15. The van der Waals surface area contributed by atoms with Crippen molar-refractivity contribution in [3.05, 3.63) is 47.6 Å². The van der Waals surface area contributed by atoms with Crippen LogP contribution in [0.4, 0.5) is 0 Å². The fourth-order valence-corrected chi connectivity index (χ4v) is 12.4. The molecule has 16 nitrogen and oxygen atoms in total. The molecule has 2 bridgehead atoms. The summed E-state index contributed by atoms with van der Waals surface area (Å²) in [4.78, 5) is 72.5. The third-order valence-electron chi connectivity index (χ3n) is 15.2. The number of piperidine rings is 1. The van der Waals surface area contributed by atoms with Gasteiger partial charge in [-0.05, 0) is 121 Å². The fourth-order valence-electron chi connectivity index (χ4n) is 10.9. The average molecular weight is 1030 g/mol. The summed E-state index contributed by atoms with van der Waals surface area (Å²) in [7, 11) is 1.15. The molecule has 17 heteroatoms. The van der Waals surface area contributed by atoms with Gasteiger partial charge in [0, 0.05) is 65.1 Å². The van der Waals surface area contributed by atoms with Crippen LogP contribution in [0.3, 0.4) is 0 Å². The third kappa shape index (κ3) is 16.9. The predicted octanol–water partition coefficient (Wildman–Crippen LogP) is 8.45. The molecule has 1 aliphatic carbocycles. The van der Waals surface area contributed by atoms with E-state index in [1.54, 1.807) is 54.9 Å². The van der Waals surface area contributed by atoms with E-state index >= 15 is 0 Å². The smallest absolute Gasteiger partial charge is 0.329 e. The molecule has 0 aromatic rings. The van der Waals surface area contributed by atoms with E-state index in [0.29, 0.717) is 69.8 Å². The second kappa shape index (κ2) is 28.1. The summed E-state index contributed by atoms with van der Waals surface area (Å²) < 4.78 is 54.6. The predicted molar refractivity (Wildman–Crippen MR) is 274 cm³/mol. The van der Waals surface area contributed by atoms with E-state index in [9.17, 15) is 38.8 Å². The summed E-state index contributed by atoms with van der Waals surface area (Å²) >= 11 is 0. The number of methoxy groups -OCH3 is 3. The molecule has 1 saturated carbocycles. The Labute approximate surface area is 429 Å². The SMILES string of the molecule is CO[C@H]1C[C@@H]2CC[C@@H](C)[C@@](O)(O2)C(=O)C(=O)N2CCCC[C@H]2C(=O)O[C@H]([C@H](C)C[C@@H]2CC[C@@H](OP(C)(=O)OC(C)C)[C@H](OC)C2)CC(=O)[C@H](C)/C=C(\C)[C@@H](O)[C@@H](OC)C(=O)[C@H](C)C[C@H](C)/C=C/C=CC=C1C. The van der Waals surface area contributed by atoms with Crippen LogP contribution in [-0.4, -0.2) is 140 Å². The van der Waals surface area contributed by atoms with Gasteiger partial charge in [0.1, 0.15) is 30.1 Å². The summed E-state index contributed by atoms with van der Waals surface area (Å²) in [5.74, 6) is -8.28. The van der Waals surface area contributed by atoms with E-state index in [0.717, 1.165) is 5.57 Å². The van der Waals surface area contributed by atoms with E-state index < -0.39 is 103 Å². The lowest BCUT2D eigenvalue weighted by atomic mass is 9.78. The summed E-state index contributed by atoms with van der Waals surface area (Å²) in [5, 5.41) is 23.5. The molecule has 3 fully saturated rings. The molecule has 2 N–H and O–H groups in total. The number of carbonyl (C=O) groups excluding carboxylic acids is 5. The highest BCUT2D eigenvalue weighted by Crippen LogP contribution is 2.49. The number of Topliss-reactive ketones (excluding diaryl/α,β-unsaturated/α-hetero) is 3. The zero-order valence-corrected chi connectivity index (χ0v) is 46.3. The van der Waals surface area contributed by atoms with Crippen LogP contribution in [0.5, 0.6) is 0 Å². The maximum absolute atomic E-state index is 14.5. The number of hydrogen-bond donors (Lipinski definition) is 2. The van der Waals surface area contributed by atoms with Crippen molar-refractivity contribution in [2.24, 2.45) is 35.5 Å². The average Bonchev–Trinajstić information content (AvgIpc) is 3.32. The maximum Gasteiger partial charge on any atom is 0.329 e. The van der Waals surface area contributed by atoms with Crippen LogP contribution in [0.25, 0.3) is 0 Å². The molecular weight excluding hydrogens is 946 g/mol. The first kappa shape index (κ1) is 61.4. The summed E-state index contributed by atoms with van der Waals surface area (Å²) in [5.41, 5.74) is 1.24. The Morgan fingerprint density at radius 1 is 0.847 bits per heavy atom. The van der Waals surface area contributed by atoms with Gasteiger partial charge in [-0.2, -0.15) is 0 Å². The number of amides is 1. The lowest BCUT2D eigenvalue weighted by molar-refractivity contribution is -0.265. The number of allylic oxidation sites excluding steroid dienone is 6. The molecule has 72 heavy (non-hydrogen) atoms. The number of cyclic esters (lactones) is 1. The number of carbonyl (C=O) groups is 5. The molecule has 3 heterocycles. The highest BCUT2D eigenvalue weighted by atomic mass is 31.2. The minimum atomic E-state index is -3.37. The topological polar surface area (TPSA) is 211 Å². The molecule has 1 amide bonds. The quantitative estimate of drug-likeness (QED) is 0.0910. The second-order valence-electron chi connectivity index (χ2n) is 21.6. The largest absolute Gasteiger partial charge is 0.460 e. The van der Waals surface area contributed by atoms with Gasteiger partial charge in [0.2, 0.25) is 5.79 Å². The van der Waals surface area contributed by atoms with Crippen LogP contribution in [0.1, 0.15) is 139 Å². The molecule has 16 atom stereocenters. The van der Waals surface area contributed by atoms with Crippen LogP contribution in [0, 0.1) is 35.5 Å². The third-order valence-corrected chi connectivity index (χ3v) is 16.6. The van der Waals surface area contributed by atoms with Crippen molar-refractivity contribution in [1.82, 2.24) is 4.90 Å². The first-order valence-corrected chi connectivity index (χ1v) is 28.3. The normalized spacial score (nSPS) is 37.5. The number of aliphatic hydroxyl groups is 2. The molecule has 4 aliphatic rings. The van der Waals surface area contributed by atoms with Crippen molar-refractivity contribution in [3.8, 4) is 0 Å². The number of nitrogens with zero attached hydrogens (tertiary/aromatic N) is 1. The maximum atomic E-state index is 14.5. The molecule has 0 radical (unpaired) electrons. The number of fused-ring (bicyclic) bond motifs is 3. The van der Waals surface area contributed by atoms with Gasteiger partial charge in [-0.15, -0.1) is 0 Å². The minimum absolute atomic E-state index is 0.00576. The Balaban J connectivity index is 1.70. The standard InChI is InChI=1S/C55H88NO15P/c1-33(2)70-72(13,64)71-45-25-23-41(30-48(45)66-11)29-37(6)47-32-44(57)36(5)28-39(8)50(59)51(67-12)49(58)38(7)27-34(3)19-15-14-16-20-35(4)46(65-10)31-42-24-22-40(9)55(63,69-42)52(60)53(61)56-26-18-17-21-43(56)54(62)68-47/h14-16,19-20,28,33-34,36-38,40-43,45-48,50-51,59,63H,17-18,21-27,29-32H2,1-13H3/b16-14?,19-15+,35-20?,39-28+/t34-,36-,37-,38-,40-,41+,42+,43+,45-,46+,47+,48-,50-,51+,55-,72?/m1/s1. The Morgan fingerprint density at radius 3 is 2.21 bits per heavy atom. The molecule has 0 aromatic heterocycles. The summed E-state index contributed by atoms with van der Waals surface area (Å²) in [6.07, 6.45) is 10.5. The molecular formula is C55H88NO15P. The van der Waals surface area contributed by atoms with Gasteiger partial charge < -0.3 is 47.8 Å². The Kier molecular flexibility index (Phi) is 23.9. The Morgan fingerprint density at radius 2 is 1.56 bits per heavy atom. The summed E-state index contributed by atoms with van der Waals surface area (Å²) in [6.45, 7) is 17.7. The van der Waals surface area contributed by atoms with Crippen LogP contribution in [-0.2, 0) is 61.3 Å². The van der Waals surface area contributed by atoms with Crippen LogP contribution < -0.4 is 0 Å². The fraction of sp³-hybridized carbons (Fsp3) is 0.764. The van der Waals surface area contributed by atoms with Gasteiger partial charge in [-0.25, -0.2) is 4.79 Å². The first-order valence-electron chi connectivity index (χ1n) is 26.3. The lowest BCUT2D eigenvalue weighted by Crippen LogP contribution is -2.61. The van der Waals surface area contributed by atoms with E-state index in [-0.39, 0.29) is 48.9 Å². The van der Waals surface area contributed by atoms with E-state index in [1.165, 1.54) is 18.7 Å². The van der Waals surface area contributed by atoms with E-state index in [4.69, 9.17) is 32.7 Å². The van der Waals surface area contributed by atoms with E-state index in [1.807, 2.05) is 58.1 Å². The Hall–Kier alpha value is -3.18. The molecule has 3 aliphatic heterocycles. The van der Waals surface area contributed by atoms with Crippen LogP contribution in [0.2, 0.25) is 0 Å². The van der Waals surface area contributed by atoms with Gasteiger partial charge in [0.25, 0.3) is 11.7 Å². The number of esters is 1. The van der Waals surface area contributed by atoms with Crippen molar-refractivity contribution in [2.45, 2.75) is 200 Å². The summed E-state index contributed by atoms with van der Waals surface area (Å²) in [6, 6.07) is -1.17. The molecule has 1 unspecified atom stereocenters. The van der Waals surface area contributed by atoms with E-state index in [2.05, 4.69) is 0 Å². The number of aliphatic hydroxyl groups excluding tert-OH is 1. The molecule has 408 valence electrons. The van der Waals surface area contributed by atoms with Crippen LogP contribution >= 0.6 is 7.60 Å². The molecule has 0 aromatic carbocycles. The van der Waals surface area contributed by atoms with Gasteiger partial charge >= 0.3 is 13.6 Å². The Bertz CT molecular complexity index is 2020. The molecule has 2 saturated heterocycles. The zero-order valence-electron chi connectivity index (χ0n) is 45.4. The van der Waals surface area contributed by atoms with Gasteiger partial charge in [-0.3, -0.25) is 23.7 Å². The van der Waals surface area contributed by atoms with Gasteiger partial charge in [0.05, 0.1) is 30.5 Å². The molecule has 0 spiro atoms. The monoisotopic (exact) mass is 1030 g/mol.